The van der Waals surface area contributed by atoms with E-state index in [4.69, 9.17) is 14.6 Å². The highest BCUT2D eigenvalue weighted by Crippen LogP contribution is 2.30. The average molecular weight is 215 g/mol. The summed E-state index contributed by atoms with van der Waals surface area (Å²) in [6.45, 7) is 1.66. The van der Waals surface area contributed by atoms with Crippen LogP contribution in [-0.2, 0) is 14.3 Å². The van der Waals surface area contributed by atoms with Crippen molar-refractivity contribution in [1.82, 2.24) is 4.90 Å². The lowest BCUT2D eigenvalue weighted by atomic mass is 10.0. The average Bonchev–Trinajstić information content (AvgIpc) is 2.72. The van der Waals surface area contributed by atoms with Gasteiger partial charge in [-0.15, -0.1) is 0 Å². The summed E-state index contributed by atoms with van der Waals surface area (Å²) in [7, 11) is 0. The highest BCUT2D eigenvalue weighted by atomic mass is 16.6. The molecule has 0 aromatic heterocycles. The van der Waals surface area contributed by atoms with Crippen molar-refractivity contribution in [2.75, 3.05) is 26.3 Å². The maximum absolute atomic E-state index is 11.4. The van der Waals surface area contributed by atoms with Crippen LogP contribution >= 0.6 is 0 Å². The molecule has 1 spiro atoms. The summed E-state index contributed by atoms with van der Waals surface area (Å²) in [5.41, 5.74) is -0.518. The molecule has 15 heavy (non-hydrogen) atoms. The summed E-state index contributed by atoms with van der Waals surface area (Å²) in [6.07, 6.45) is 0.218. The zero-order valence-electron chi connectivity index (χ0n) is 8.27. The van der Waals surface area contributed by atoms with E-state index in [1.54, 1.807) is 0 Å². The topological polar surface area (TPSA) is 76.1 Å². The van der Waals surface area contributed by atoms with Gasteiger partial charge in [-0.3, -0.25) is 4.79 Å². The van der Waals surface area contributed by atoms with E-state index in [-0.39, 0.29) is 13.0 Å². The summed E-state index contributed by atoms with van der Waals surface area (Å²) in [4.78, 5) is 23.2. The van der Waals surface area contributed by atoms with Crippen molar-refractivity contribution in [3.63, 3.8) is 0 Å². The molecule has 2 rings (SSSR count). The minimum atomic E-state index is -0.911. The van der Waals surface area contributed by atoms with Crippen molar-refractivity contribution < 1.29 is 24.2 Å². The summed E-state index contributed by atoms with van der Waals surface area (Å²) >= 11 is 0. The van der Waals surface area contributed by atoms with Gasteiger partial charge in [0.2, 0.25) is 0 Å². The molecule has 0 aliphatic carbocycles. The van der Waals surface area contributed by atoms with Gasteiger partial charge in [-0.25, -0.2) is 4.79 Å². The van der Waals surface area contributed by atoms with Crippen molar-refractivity contribution in [3.05, 3.63) is 0 Å². The highest BCUT2D eigenvalue weighted by Gasteiger charge is 2.47. The van der Waals surface area contributed by atoms with E-state index in [1.807, 2.05) is 0 Å². The molecule has 0 aromatic rings. The third kappa shape index (κ3) is 2.04. The Balaban J connectivity index is 1.92. The lowest BCUT2D eigenvalue weighted by molar-refractivity contribution is -0.137. The minimum Gasteiger partial charge on any atom is -0.481 e. The van der Waals surface area contributed by atoms with Crippen LogP contribution in [0.2, 0.25) is 0 Å². The zero-order chi connectivity index (χ0) is 10.9. The first-order chi connectivity index (χ1) is 7.11. The standard InChI is InChI=1S/C9H13NO5/c11-7(12)1-3-10-5-9(15-8(10)13)2-4-14-6-9/h1-6H2,(H,11,12). The number of aliphatic carboxylic acids is 1. The maximum Gasteiger partial charge on any atom is 0.410 e. The van der Waals surface area contributed by atoms with E-state index in [1.165, 1.54) is 4.90 Å². The highest BCUT2D eigenvalue weighted by molar-refractivity contribution is 5.72. The summed E-state index contributed by atoms with van der Waals surface area (Å²) < 4.78 is 10.4. The van der Waals surface area contributed by atoms with Gasteiger partial charge in [0, 0.05) is 13.0 Å². The van der Waals surface area contributed by atoms with Crippen molar-refractivity contribution in [2.24, 2.45) is 0 Å². The van der Waals surface area contributed by atoms with Crippen molar-refractivity contribution in [1.29, 1.82) is 0 Å². The van der Waals surface area contributed by atoms with Gasteiger partial charge in [0.1, 0.15) is 0 Å². The van der Waals surface area contributed by atoms with Crippen LogP contribution in [0.4, 0.5) is 4.79 Å². The van der Waals surface area contributed by atoms with Crippen molar-refractivity contribution in [2.45, 2.75) is 18.4 Å². The first-order valence-electron chi connectivity index (χ1n) is 4.89. The molecule has 1 amide bonds. The third-order valence-electron chi connectivity index (χ3n) is 2.70. The van der Waals surface area contributed by atoms with Crippen molar-refractivity contribution in [3.8, 4) is 0 Å². The number of ether oxygens (including phenoxy) is 2. The molecule has 2 aliphatic heterocycles. The van der Waals surface area contributed by atoms with Crippen LogP contribution in [0.15, 0.2) is 0 Å². The van der Waals surface area contributed by atoms with Gasteiger partial charge < -0.3 is 19.5 Å². The van der Waals surface area contributed by atoms with Gasteiger partial charge in [0.05, 0.1) is 26.2 Å². The fraction of sp³-hybridized carbons (Fsp3) is 0.778. The number of carbonyl (C=O) groups is 2. The minimum absolute atomic E-state index is 0.0496. The van der Waals surface area contributed by atoms with Gasteiger partial charge in [-0.05, 0) is 0 Å². The smallest absolute Gasteiger partial charge is 0.410 e. The quantitative estimate of drug-likeness (QED) is 0.721. The molecule has 1 atom stereocenters. The van der Waals surface area contributed by atoms with Crippen molar-refractivity contribution >= 4 is 12.1 Å². The van der Waals surface area contributed by atoms with Crippen LogP contribution in [0, 0.1) is 0 Å². The Kier molecular flexibility index (Phi) is 2.52. The van der Waals surface area contributed by atoms with Gasteiger partial charge >= 0.3 is 12.1 Å². The second-order valence-electron chi connectivity index (χ2n) is 3.92. The lowest BCUT2D eigenvalue weighted by Gasteiger charge is -2.17. The number of hydrogen-bond donors (Lipinski definition) is 1. The van der Waals surface area contributed by atoms with E-state index >= 15 is 0 Å². The van der Waals surface area contributed by atoms with E-state index in [0.29, 0.717) is 26.2 Å². The summed E-state index contributed by atoms with van der Waals surface area (Å²) in [6, 6.07) is 0. The molecule has 2 fully saturated rings. The molecule has 2 heterocycles. The molecule has 0 radical (unpaired) electrons. The number of rotatable bonds is 3. The number of nitrogens with zero attached hydrogens (tertiary/aromatic N) is 1. The number of carboxylic acid groups (broad SMARTS) is 1. The number of carboxylic acids is 1. The Labute approximate surface area is 86.8 Å². The second-order valence-corrected chi connectivity index (χ2v) is 3.92. The number of amides is 1. The Bertz CT molecular complexity index is 284. The van der Waals surface area contributed by atoms with Gasteiger partial charge in [-0.1, -0.05) is 0 Å². The second kappa shape index (κ2) is 3.69. The van der Waals surface area contributed by atoms with E-state index < -0.39 is 17.7 Å². The molecular formula is C9H13NO5. The zero-order valence-corrected chi connectivity index (χ0v) is 8.27. The van der Waals surface area contributed by atoms with Crippen LogP contribution in [-0.4, -0.2) is 54.0 Å². The predicted molar refractivity (Wildman–Crippen MR) is 48.5 cm³/mol. The first kappa shape index (κ1) is 10.2. The SMILES string of the molecule is O=C(O)CCN1CC2(CCOC2)OC1=O. The molecule has 1 N–H and O–H groups in total. The largest absolute Gasteiger partial charge is 0.481 e. The van der Waals surface area contributed by atoms with Crippen LogP contribution in [0.25, 0.3) is 0 Å². The monoisotopic (exact) mass is 215 g/mol. The summed E-state index contributed by atoms with van der Waals surface area (Å²) in [5.74, 6) is -0.911. The summed E-state index contributed by atoms with van der Waals surface area (Å²) in [5, 5.41) is 8.51. The Morgan fingerprint density at radius 2 is 2.40 bits per heavy atom. The molecule has 1 unspecified atom stereocenters. The molecule has 0 aromatic carbocycles. The van der Waals surface area contributed by atoms with Crippen LogP contribution in [0.5, 0.6) is 0 Å². The fourth-order valence-corrected chi connectivity index (χ4v) is 1.89. The Morgan fingerprint density at radius 1 is 1.60 bits per heavy atom. The van der Waals surface area contributed by atoms with E-state index in [0.717, 1.165) is 0 Å². The lowest BCUT2D eigenvalue weighted by Crippen LogP contribution is -2.35. The van der Waals surface area contributed by atoms with Gasteiger partial charge in [0.15, 0.2) is 5.60 Å². The molecule has 0 saturated carbocycles. The Morgan fingerprint density at radius 3 is 3.00 bits per heavy atom. The molecule has 2 aliphatic rings. The molecule has 84 valence electrons. The predicted octanol–water partition coefficient (Wildman–Crippen LogP) is 0.0724. The number of hydrogen-bond acceptors (Lipinski definition) is 4. The van der Waals surface area contributed by atoms with Crippen LogP contribution in [0.3, 0.4) is 0 Å². The molecule has 2 saturated heterocycles. The fourth-order valence-electron chi connectivity index (χ4n) is 1.89. The van der Waals surface area contributed by atoms with Crippen LogP contribution < -0.4 is 0 Å². The molecule has 6 heteroatoms. The van der Waals surface area contributed by atoms with Crippen LogP contribution in [0.1, 0.15) is 12.8 Å². The molecule has 0 bridgehead atoms. The van der Waals surface area contributed by atoms with E-state index in [2.05, 4.69) is 0 Å². The third-order valence-corrected chi connectivity index (χ3v) is 2.70. The molecule has 6 nitrogen and oxygen atoms in total. The van der Waals surface area contributed by atoms with Gasteiger partial charge in [-0.2, -0.15) is 0 Å². The molecular weight excluding hydrogens is 202 g/mol. The normalized spacial score (nSPS) is 29.9. The maximum atomic E-state index is 11.4. The number of carbonyl (C=O) groups excluding carboxylic acids is 1. The Hall–Kier alpha value is -1.30. The van der Waals surface area contributed by atoms with Gasteiger partial charge in [0.25, 0.3) is 0 Å². The van der Waals surface area contributed by atoms with E-state index in [9.17, 15) is 9.59 Å². The first-order valence-corrected chi connectivity index (χ1v) is 4.89.